The van der Waals surface area contributed by atoms with Gasteiger partial charge in [0.1, 0.15) is 5.76 Å². The molecule has 7 nitrogen and oxygen atoms in total. The van der Waals surface area contributed by atoms with Crippen LogP contribution in [0.4, 0.5) is 0 Å². The first-order chi connectivity index (χ1) is 9.63. The number of carbonyl (C=O) groups excluding carboxylic acids is 1. The number of aromatic nitrogens is 3. The summed E-state index contributed by atoms with van der Waals surface area (Å²) in [4.78, 5) is 18.4. The molecule has 0 spiro atoms. The molecule has 0 bridgehead atoms. The molecule has 106 valence electrons. The van der Waals surface area contributed by atoms with Gasteiger partial charge in [-0.3, -0.25) is 4.79 Å². The van der Waals surface area contributed by atoms with Crippen molar-refractivity contribution < 1.29 is 13.8 Å². The molecule has 0 radical (unpaired) electrons. The van der Waals surface area contributed by atoms with Crippen molar-refractivity contribution >= 4 is 5.91 Å². The molecule has 0 N–H and O–H groups in total. The quantitative estimate of drug-likeness (QED) is 0.829. The standard InChI is InChI=1S/C13H16N4O3/c1-8-6-11(16-19-8)13(18)17-5-3-4-10(7-17)12-14-9(2)15-20-12/h6,10H,3-5,7H2,1-2H3/t10-/m0/s1. The molecule has 0 saturated carbocycles. The van der Waals surface area contributed by atoms with Crippen molar-refractivity contribution in [3.63, 3.8) is 0 Å². The molecule has 2 aromatic heterocycles. The lowest BCUT2D eigenvalue weighted by Gasteiger charge is -2.30. The van der Waals surface area contributed by atoms with Crippen LogP contribution in [0.15, 0.2) is 15.1 Å². The Kier molecular flexibility index (Phi) is 3.25. The second-order valence-electron chi connectivity index (χ2n) is 5.09. The van der Waals surface area contributed by atoms with Crippen molar-refractivity contribution in [3.8, 4) is 0 Å². The van der Waals surface area contributed by atoms with Gasteiger partial charge in [-0.25, -0.2) is 0 Å². The molecule has 1 fully saturated rings. The average molecular weight is 276 g/mol. The summed E-state index contributed by atoms with van der Waals surface area (Å²) in [5, 5.41) is 7.58. The third-order valence-corrected chi connectivity index (χ3v) is 3.45. The minimum absolute atomic E-state index is 0.0990. The van der Waals surface area contributed by atoms with Gasteiger partial charge in [-0.1, -0.05) is 10.3 Å². The fraction of sp³-hybridized carbons (Fsp3) is 0.538. The van der Waals surface area contributed by atoms with Crippen LogP contribution in [0.5, 0.6) is 0 Å². The van der Waals surface area contributed by atoms with Gasteiger partial charge in [0, 0.05) is 19.2 Å². The Balaban J connectivity index is 1.73. The number of piperidine rings is 1. The SMILES string of the molecule is Cc1noc([C@H]2CCCN(C(=O)c3cc(C)on3)C2)n1. The number of aryl methyl sites for hydroxylation is 2. The van der Waals surface area contributed by atoms with Crippen LogP contribution < -0.4 is 0 Å². The summed E-state index contributed by atoms with van der Waals surface area (Å²) in [5.74, 6) is 1.85. The number of amides is 1. The van der Waals surface area contributed by atoms with E-state index in [0.717, 1.165) is 12.8 Å². The lowest BCUT2D eigenvalue weighted by Crippen LogP contribution is -2.39. The van der Waals surface area contributed by atoms with Gasteiger partial charge in [0.05, 0.1) is 5.92 Å². The van der Waals surface area contributed by atoms with E-state index in [1.807, 2.05) is 0 Å². The smallest absolute Gasteiger partial charge is 0.276 e. The van der Waals surface area contributed by atoms with Crippen LogP contribution in [0.25, 0.3) is 0 Å². The van der Waals surface area contributed by atoms with E-state index in [9.17, 15) is 4.79 Å². The largest absolute Gasteiger partial charge is 0.361 e. The monoisotopic (exact) mass is 276 g/mol. The summed E-state index contributed by atoms with van der Waals surface area (Å²) in [5.41, 5.74) is 0.352. The zero-order valence-electron chi connectivity index (χ0n) is 11.5. The molecule has 0 aliphatic carbocycles. The predicted octanol–water partition coefficient (Wildman–Crippen LogP) is 1.69. The number of hydrogen-bond acceptors (Lipinski definition) is 6. The summed E-state index contributed by atoms with van der Waals surface area (Å²) in [6.07, 6.45) is 1.86. The summed E-state index contributed by atoms with van der Waals surface area (Å²) in [6.45, 7) is 4.85. The van der Waals surface area contributed by atoms with Gasteiger partial charge in [-0.2, -0.15) is 4.98 Å². The molecule has 1 atom stereocenters. The van der Waals surface area contributed by atoms with Crippen molar-refractivity contribution in [1.82, 2.24) is 20.2 Å². The van der Waals surface area contributed by atoms with Gasteiger partial charge in [-0.15, -0.1) is 0 Å². The molecule has 0 unspecified atom stereocenters. The second kappa shape index (κ2) is 5.07. The lowest BCUT2D eigenvalue weighted by molar-refractivity contribution is 0.0685. The molecular formula is C13H16N4O3. The predicted molar refractivity (Wildman–Crippen MR) is 68.2 cm³/mol. The van der Waals surface area contributed by atoms with E-state index in [-0.39, 0.29) is 11.8 Å². The molecule has 1 amide bonds. The Morgan fingerprint density at radius 3 is 2.85 bits per heavy atom. The van der Waals surface area contributed by atoms with Crippen LogP contribution in [-0.4, -0.2) is 39.2 Å². The lowest BCUT2D eigenvalue weighted by atomic mass is 9.97. The van der Waals surface area contributed by atoms with E-state index in [4.69, 9.17) is 9.05 Å². The van der Waals surface area contributed by atoms with E-state index in [0.29, 0.717) is 36.3 Å². The molecule has 3 heterocycles. The van der Waals surface area contributed by atoms with Gasteiger partial charge in [0.25, 0.3) is 5.91 Å². The fourth-order valence-corrected chi connectivity index (χ4v) is 2.47. The van der Waals surface area contributed by atoms with Crippen molar-refractivity contribution in [2.45, 2.75) is 32.6 Å². The normalized spacial score (nSPS) is 19.3. The first kappa shape index (κ1) is 12.8. The van der Waals surface area contributed by atoms with Gasteiger partial charge in [0.15, 0.2) is 11.5 Å². The van der Waals surface area contributed by atoms with E-state index in [1.54, 1.807) is 24.8 Å². The maximum atomic E-state index is 12.3. The number of hydrogen-bond donors (Lipinski definition) is 0. The highest BCUT2D eigenvalue weighted by Gasteiger charge is 2.29. The summed E-state index contributed by atoms with van der Waals surface area (Å²) in [6, 6.07) is 1.66. The molecule has 2 aromatic rings. The molecule has 1 aliphatic rings. The van der Waals surface area contributed by atoms with Crippen molar-refractivity contribution in [3.05, 3.63) is 29.2 Å². The minimum atomic E-state index is -0.109. The molecule has 1 aliphatic heterocycles. The highest BCUT2D eigenvalue weighted by molar-refractivity contribution is 5.92. The van der Waals surface area contributed by atoms with Crippen LogP contribution in [0.1, 0.15) is 46.7 Å². The Labute approximate surface area is 115 Å². The number of likely N-dealkylation sites (tertiary alicyclic amines) is 1. The Hall–Kier alpha value is -2.18. The van der Waals surface area contributed by atoms with Crippen LogP contribution >= 0.6 is 0 Å². The third-order valence-electron chi connectivity index (χ3n) is 3.45. The highest BCUT2D eigenvalue weighted by Crippen LogP contribution is 2.26. The Bertz CT molecular complexity index is 619. The van der Waals surface area contributed by atoms with Crippen molar-refractivity contribution in [2.75, 3.05) is 13.1 Å². The van der Waals surface area contributed by atoms with Gasteiger partial charge >= 0.3 is 0 Å². The maximum Gasteiger partial charge on any atom is 0.276 e. The molecular weight excluding hydrogens is 260 g/mol. The van der Waals surface area contributed by atoms with E-state index >= 15 is 0 Å². The van der Waals surface area contributed by atoms with Gasteiger partial charge in [-0.05, 0) is 26.7 Å². The zero-order valence-corrected chi connectivity index (χ0v) is 11.5. The van der Waals surface area contributed by atoms with E-state index in [2.05, 4.69) is 15.3 Å². The average Bonchev–Trinajstić information content (AvgIpc) is 3.07. The topological polar surface area (TPSA) is 85.3 Å². The maximum absolute atomic E-state index is 12.3. The summed E-state index contributed by atoms with van der Waals surface area (Å²) in [7, 11) is 0. The Morgan fingerprint density at radius 1 is 1.35 bits per heavy atom. The third kappa shape index (κ3) is 2.43. The molecule has 1 saturated heterocycles. The van der Waals surface area contributed by atoms with Crippen LogP contribution in [0, 0.1) is 13.8 Å². The number of rotatable bonds is 2. The molecule has 3 rings (SSSR count). The van der Waals surface area contributed by atoms with Gasteiger partial charge in [0.2, 0.25) is 5.89 Å². The van der Waals surface area contributed by atoms with Gasteiger partial charge < -0.3 is 13.9 Å². The van der Waals surface area contributed by atoms with E-state index < -0.39 is 0 Å². The van der Waals surface area contributed by atoms with Crippen molar-refractivity contribution in [1.29, 1.82) is 0 Å². The summed E-state index contributed by atoms with van der Waals surface area (Å²) >= 11 is 0. The van der Waals surface area contributed by atoms with Crippen molar-refractivity contribution in [2.24, 2.45) is 0 Å². The minimum Gasteiger partial charge on any atom is -0.361 e. The van der Waals surface area contributed by atoms with Crippen LogP contribution in [0.3, 0.4) is 0 Å². The first-order valence-electron chi connectivity index (χ1n) is 6.66. The first-order valence-corrected chi connectivity index (χ1v) is 6.66. The molecule has 0 aromatic carbocycles. The molecule has 7 heteroatoms. The van der Waals surface area contributed by atoms with Crippen LogP contribution in [0.2, 0.25) is 0 Å². The highest BCUT2D eigenvalue weighted by atomic mass is 16.5. The Morgan fingerprint density at radius 2 is 2.20 bits per heavy atom. The fourth-order valence-electron chi connectivity index (χ4n) is 2.47. The zero-order chi connectivity index (χ0) is 14.1. The second-order valence-corrected chi connectivity index (χ2v) is 5.09. The van der Waals surface area contributed by atoms with Crippen LogP contribution in [-0.2, 0) is 0 Å². The number of nitrogens with zero attached hydrogens (tertiary/aromatic N) is 4. The summed E-state index contributed by atoms with van der Waals surface area (Å²) < 4.78 is 10.2. The molecule has 20 heavy (non-hydrogen) atoms. The number of carbonyl (C=O) groups is 1. The van der Waals surface area contributed by atoms with E-state index in [1.165, 1.54) is 0 Å².